The van der Waals surface area contributed by atoms with Crippen molar-refractivity contribution in [2.75, 3.05) is 13.2 Å². The lowest BCUT2D eigenvalue weighted by molar-refractivity contribution is -0.122. The van der Waals surface area contributed by atoms with E-state index in [0.717, 1.165) is 10.0 Å². The largest absolute Gasteiger partial charge is 0.490 e. The van der Waals surface area contributed by atoms with Crippen LogP contribution in [-0.2, 0) is 4.79 Å². The first-order valence-electron chi connectivity index (χ1n) is 10.0. The van der Waals surface area contributed by atoms with Gasteiger partial charge in [0.2, 0.25) is 0 Å². The number of rotatable bonds is 7. The van der Waals surface area contributed by atoms with Gasteiger partial charge in [-0.15, -0.1) is 0 Å². The Kier molecular flexibility index (Phi) is 7.78. The third-order valence-corrected chi connectivity index (χ3v) is 5.83. The summed E-state index contributed by atoms with van der Waals surface area (Å²) in [4.78, 5) is 19.6. The summed E-state index contributed by atoms with van der Waals surface area (Å²) < 4.78 is 25.6. The van der Waals surface area contributed by atoms with E-state index in [4.69, 9.17) is 9.47 Å². The second-order valence-electron chi connectivity index (χ2n) is 6.96. The molecule has 0 atom stereocenters. The molecule has 1 aliphatic heterocycles. The van der Waals surface area contributed by atoms with Crippen molar-refractivity contribution in [1.29, 1.82) is 0 Å². The maximum Gasteiger partial charge on any atom is 0.266 e. The number of amides is 1. The van der Waals surface area contributed by atoms with Crippen molar-refractivity contribution in [3.8, 4) is 11.5 Å². The summed E-state index contributed by atoms with van der Waals surface area (Å²) in [6, 6.07) is 9.62. The first-order valence-corrected chi connectivity index (χ1v) is 11.6. The molecule has 31 heavy (non-hydrogen) atoms. The standard InChI is InChI=1S/C23H24BrFN2O3S/c1-5-27-22(28)20(31-23(27)26-17-9-7-16(25)8-10-17)13-15-11-18(24)21(30-14(3)4)19(12-15)29-6-2/h7-14H,5-6H2,1-4H3/b20-13+,26-23?. The Hall–Kier alpha value is -2.32. The van der Waals surface area contributed by atoms with Crippen LogP contribution >= 0.6 is 27.7 Å². The van der Waals surface area contributed by atoms with Crippen LogP contribution in [-0.4, -0.2) is 35.2 Å². The van der Waals surface area contributed by atoms with Crippen LogP contribution in [0.5, 0.6) is 11.5 Å². The Morgan fingerprint density at radius 2 is 1.94 bits per heavy atom. The van der Waals surface area contributed by atoms with Gasteiger partial charge in [-0.05, 0) is 103 Å². The molecule has 1 saturated heterocycles. The number of hydrogen-bond acceptors (Lipinski definition) is 5. The van der Waals surface area contributed by atoms with Gasteiger partial charge >= 0.3 is 0 Å². The highest BCUT2D eigenvalue weighted by Gasteiger charge is 2.32. The number of likely N-dealkylation sites (N-methyl/N-ethyl adjacent to an activating group) is 1. The maximum absolute atomic E-state index is 13.2. The van der Waals surface area contributed by atoms with Gasteiger partial charge in [-0.1, -0.05) is 0 Å². The van der Waals surface area contributed by atoms with Crippen LogP contribution in [0.1, 0.15) is 33.3 Å². The van der Waals surface area contributed by atoms with Crippen LogP contribution in [0.3, 0.4) is 0 Å². The smallest absolute Gasteiger partial charge is 0.266 e. The van der Waals surface area contributed by atoms with Crippen molar-refractivity contribution in [2.45, 2.75) is 33.8 Å². The highest BCUT2D eigenvalue weighted by atomic mass is 79.9. The van der Waals surface area contributed by atoms with Crippen molar-refractivity contribution in [3.63, 3.8) is 0 Å². The van der Waals surface area contributed by atoms with E-state index in [9.17, 15) is 9.18 Å². The zero-order chi connectivity index (χ0) is 22.5. The number of ether oxygens (including phenoxy) is 2. The number of benzene rings is 2. The van der Waals surface area contributed by atoms with E-state index in [-0.39, 0.29) is 17.8 Å². The van der Waals surface area contributed by atoms with Gasteiger partial charge in [0.05, 0.1) is 27.8 Å². The molecule has 2 aromatic rings. The van der Waals surface area contributed by atoms with E-state index in [2.05, 4.69) is 20.9 Å². The molecule has 2 aromatic carbocycles. The summed E-state index contributed by atoms with van der Waals surface area (Å²) >= 11 is 4.85. The van der Waals surface area contributed by atoms with Crippen LogP contribution in [0.15, 0.2) is 50.8 Å². The molecule has 3 rings (SSSR count). The summed E-state index contributed by atoms with van der Waals surface area (Å²) in [6.45, 7) is 8.68. The lowest BCUT2D eigenvalue weighted by Crippen LogP contribution is -2.28. The van der Waals surface area contributed by atoms with Crippen molar-refractivity contribution >= 4 is 50.5 Å². The average Bonchev–Trinajstić information content (AvgIpc) is 3.00. The van der Waals surface area contributed by atoms with E-state index < -0.39 is 0 Å². The van der Waals surface area contributed by atoms with Gasteiger partial charge in [0.15, 0.2) is 16.7 Å². The van der Waals surface area contributed by atoms with Gasteiger partial charge < -0.3 is 9.47 Å². The molecular formula is C23H24BrFN2O3S. The summed E-state index contributed by atoms with van der Waals surface area (Å²) in [7, 11) is 0. The molecule has 0 aromatic heterocycles. The molecule has 1 aliphatic rings. The molecular weight excluding hydrogens is 483 g/mol. The fourth-order valence-electron chi connectivity index (χ4n) is 2.93. The Bertz CT molecular complexity index is 1020. The molecule has 0 aliphatic carbocycles. The van der Waals surface area contributed by atoms with Crippen LogP contribution in [0, 0.1) is 5.82 Å². The average molecular weight is 507 g/mol. The van der Waals surface area contributed by atoms with Crippen molar-refractivity contribution in [3.05, 3.63) is 57.2 Å². The lowest BCUT2D eigenvalue weighted by Gasteiger charge is -2.17. The van der Waals surface area contributed by atoms with Gasteiger partial charge in [-0.25, -0.2) is 9.38 Å². The Labute approximate surface area is 194 Å². The zero-order valence-electron chi connectivity index (χ0n) is 17.8. The highest BCUT2D eigenvalue weighted by Crippen LogP contribution is 2.40. The van der Waals surface area contributed by atoms with Crippen LogP contribution in [0.25, 0.3) is 6.08 Å². The molecule has 164 valence electrons. The van der Waals surface area contributed by atoms with E-state index in [1.54, 1.807) is 17.0 Å². The number of thioether (sulfide) groups is 1. The zero-order valence-corrected chi connectivity index (χ0v) is 20.2. The first-order chi connectivity index (χ1) is 14.8. The van der Waals surface area contributed by atoms with Crippen LogP contribution < -0.4 is 9.47 Å². The molecule has 8 heteroatoms. The molecule has 0 N–H and O–H groups in total. The monoisotopic (exact) mass is 506 g/mol. The quantitative estimate of drug-likeness (QED) is 0.407. The van der Waals surface area contributed by atoms with E-state index in [0.29, 0.717) is 40.4 Å². The van der Waals surface area contributed by atoms with Crippen LogP contribution in [0.2, 0.25) is 0 Å². The van der Waals surface area contributed by atoms with Gasteiger partial charge in [0, 0.05) is 6.54 Å². The fraction of sp³-hybridized carbons (Fsp3) is 0.304. The van der Waals surface area contributed by atoms with Gasteiger partial charge in [0.25, 0.3) is 5.91 Å². The number of carbonyl (C=O) groups excluding carboxylic acids is 1. The number of halogens is 2. The van der Waals surface area contributed by atoms with Crippen LogP contribution in [0.4, 0.5) is 10.1 Å². The van der Waals surface area contributed by atoms with Crippen molar-refractivity contribution in [2.24, 2.45) is 4.99 Å². The van der Waals surface area contributed by atoms with E-state index >= 15 is 0 Å². The minimum atomic E-state index is -0.326. The summed E-state index contributed by atoms with van der Waals surface area (Å²) in [5, 5.41) is 0.564. The molecule has 0 saturated carbocycles. The third-order valence-electron chi connectivity index (χ3n) is 4.24. The summed E-state index contributed by atoms with van der Waals surface area (Å²) in [6.07, 6.45) is 1.81. The number of hydrogen-bond donors (Lipinski definition) is 0. The molecule has 0 radical (unpaired) electrons. The van der Waals surface area contributed by atoms with E-state index in [1.807, 2.05) is 45.9 Å². The number of carbonyl (C=O) groups is 1. The topological polar surface area (TPSA) is 51.1 Å². The molecule has 0 spiro atoms. The molecule has 1 fully saturated rings. The highest BCUT2D eigenvalue weighted by molar-refractivity contribution is 9.10. The number of aliphatic imine (C=N–C) groups is 1. The summed E-state index contributed by atoms with van der Waals surface area (Å²) in [5.74, 6) is 0.802. The molecule has 0 bridgehead atoms. The molecule has 1 heterocycles. The predicted molar refractivity (Wildman–Crippen MR) is 128 cm³/mol. The lowest BCUT2D eigenvalue weighted by atomic mass is 10.1. The Balaban J connectivity index is 1.95. The summed E-state index contributed by atoms with van der Waals surface area (Å²) in [5.41, 5.74) is 1.40. The molecule has 1 amide bonds. The SMILES string of the molecule is CCOc1cc(/C=C2/SC(=Nc3ccc(F)cc3)N(CC)C2=O)cc(Br)c1OC(C)C. The van der Waals surface area contributed by atoms with Crippen molar-refractivity contribution < 1.29 is 18.7 Å². The fourth-order valence-corrected chi connectivity index (χ4v) is 4.55. The number of amidine groups is 1. The van der Waals surface area contributed by atoms with E-state index in [1.165, 1.54) is 23.9 Å². The van der Waals surface area contributed by atoms with Gasteiger partial charge in [0.1, 0.15) is 5.82 Å². The molecule has 0 unspecified atom stereocenters. The number of nitrogens with zero attached hydrogens (tertiary/aromatic N) is 2. The normalized spacial score (nSPS) is 16.6. The predicted octanol–water partition coefficient (Wildman–Crippen LogP) is 6.40. The minimum Gasteiger partial charge on any atom is -0.490 e. The van der Waals surface area contributed by atoms with Gasteiger partial charge in [-0.3, -0.25) is 9.69 Å². The maximum atomic E-state index is 13.2. The Morgan fingerprint density at radius 3 is 2.55 bits per heavy atom. The van der Waals surface area contributed by atoms with Crippen molar-refractivity contribution in [1.82, 2.24) is 4.90 Å². The second-order valence-corrected chi connectivity index (χ2v) is 8.82. The minimum absolute atomic E-state index is 0.00461. The second kappa shape index (κ2) is 10.3. The molecule has 5 nitrogen and oxygen atoms in total. The first kappa shape index (κ1) is 23.3. The van der Waals surface area contributed by atoms with Gasteiger partial charge in [-0.2, -0.15) is 0 Å². The third kappa shape index (κ3) is 5.68. The Morgan fingerprint density at radius 1 is 1.23 bits per heavy atom.